The maximum Gasteiger partial charge on any atom is 0.213 e. The van der Waals surface area contributed by atoms with Crippen LogP contribution >= 0.6 is 0 Å². The van der Waals surface area contributed by atoms with Gasteiger partial charge in [-0.05, 0) is 111 Å². The van der Waals surface area contributed by atoms with Gasteiger partial charge in [0.05, 0.1) is 45.7 Å². The van der Waals surface area contributed by atoms with Crippen molar-refractivity contribution in [2.75, 3.05) is 0 Å². The number of para-hydroxylation sites is 1. The highest BCUT2D eigenvalue weighted by Crippen LogP contribution is 2.50. The minimum Gasteiger partial charge on any atom is -0.453 e. The molecule has 6 heteroatoms. The minimum atomic E-state index is 0.482. The molecule has 0 atom stereocenters. The summed E-state index contributed by atoms with van der Waals surface area (Å²) in [6.45, 7) is 9.37. The quantitative estimate of drug-likeness (QED) is 0.135. The van der Waals surface area contributed by atoms with E-state index >= 15 is 0 Å². The molecule has 0 unspecified atom stereocenters. The van der Waals surface area contributed by atoms with Gasteiger partial charge in [-0.15, -0.1) is 0 Å². The Morgan fingerprint density at radius 2 is 0.675 bits per heavy atom. The van der Waals surface area contributed by atoms with E-state index in [1.54, 1.807) is 0 Å². The molecule has 0 bridgehead atoms. The molecule has 12 aromatic carbocycles. The van der Waals surface area contributed by atoms with Gasteiger partial charge in [-0.1, -0.05) is 218 Å². The molecule has 0 fully saturated rings. The molecule has 6 nitrogen and oxygen atoms in total. The second kappa shape index (κ2) is 19.5. The van der Waals surface area contributed by atoms with Crippen LogP contribution in [0, 0.1) is 6.57 Å². The highest BCUT2D eigenvalue weighted by atomic mass is 16.3. The molecule has 0 saturated carbocycles. The van der Waals surface area contributed by atoms with Gasteiger partial charge in [-0.3, -0.25) is 0 Å². The van der Waals surface area contributed by atoms with Crippen LogP contribution in [0.3, 0.4) is 0 Å². The number of benzene rings is 12. The Kier molecular flexibility index (Phi) is 11.2. The zero-order valence-corrected chi connectivity index (χ0v) is 44.8. The summed E-state index contributed by atoms with van der Waals surface area (Å²) >= 11 is 0. The Morgan fingerprint density at radius 3 is 1.10 bits per heavy atom. The zero-order valence-electron chi connectivity index (χ0n) is 44.8. The molecular weight excluding hydrogens is 1010 g/mol. The number of hydrogen-bond donors (Lipinski definition) is 0. The van der Waals surface area contributed by atoms with Crippen LogP contribution in [0.1, 0.15) is 0 Å². The maximum absolute atomic E-state index is 9.37. The van der Waals surface area contributed by atoms with Crippen molar-refractivity contribution in [2.45, 2.75) is 0 Å². The van der Waals surface area contributed by atoms with Crippen molar-refractivity contribution in [1.82, 2.24) is 19.1 Å². The van der Waals surface area contributed by atoms with E-state index in [4.69, 9.17) is 14.4 Å². The molecule has 386 valence electrons. The lowest BCUT2D eigenvalue weighted by Crippen LogP contribution is -2.04. The topological polar surface area (TPSA) is 53.1 Å². The van der Waals surface area contributed by atoms with Crippen LogP contribution in [0.2, 0.25) is 0 Å². The molecule has 0 saturated heterocycles. The second-order valence-electron chi connectivity index (χ2n) is 21.1. The first-order valence-corrected chi connectivity index (χ1v) is 27.9. The lowest BCUT2D eigenvalue weighted by Gasteiger charge is -2.19. The van der Waals surface area contributed by atoms with Gasteiger partial charge in [0.15, 0.2) is 11.4 Å². The number of fused-ring (bicyclic) bond motifs is 9. The summed E-state index contributed by atoms with van der Waals surface area (Å²) < 4.78 is 12.4. The average Bonchev–Trinajstić information content (AvgIpc) is 3.07. The molecule has 4 aromatic heterocycles. The van der Waals surface area contributed by atoms with Crippen molar-refractivity contribution < 1.29 is 4.42 Å². The molecule has 0 aliphatic carbocycles. The van der Waals surface area contributed by atoms with Crippen LogP contribution in [0.4, 0.5) is 5.69 Å². The average molecular weight is 1060 g/mol. The Labute approximate surface area is 478 Å². The van der Waals surface area contributed by atoms with E-state index in [-0.39, 0.29) is 0 Å². The number of furan rings is 1. The molecule has 0 amide bonds. The van der Waals surface area contributed by atoms with E-state index in [1.807, 2.05) is 54.6 Å². The van der Waals surface area contributed by atoms with Crippen LogP contribution in [-0.2, 0) is 0 Å². The summed E-state index contributed by atoms with van der Waals surface area (Å²) in [5, 5.41) is 5.99. The number of rotatable bonds is 9. The Morgan fingerprint density at radius 1 is 0.289 bits per heavy atom. The standard InChI is InChI=1S/C77H47N5O/c1-78-68-47-65-59-33-20-34-60(67-48-66(53-29-16-6-17-30-53)79-77(80-67)54-31-18-7-19-32-54)75(59)83-76(65)74(82-71-41-37-57(51-25-12-4-13-26-51)45-63(71)64-46-58(38-42-72(64)82)52-27-14-5-15-28-52)73(68)81-69-39-35-55(49-21-8-2-9-22-49)43-61(69)62-44-56(36-40-70(62)81)50-23-10-3-11-24-50/h2-48H. The second-order valence-corrected chi connectivity index (χ2v) is 21.1. The highest BCUT2D eigenvalue weighted by Gasteiger charge is 2.29. The Hall–Kier alpha value is -11.4. The summed E-state index contributed by atoms with van der Waals surface area (Å²) in [4.78, 5) is 15.1. The largest absolute Gasteiger partial charge is 0.453 e. The predicted molar refractivity (Wildman–Crippen MR) is 342 cm³/mol. The van der Waals surface area contributed by atoms with Crippen molar-refractivity contribution >= 4 is 71.2 Å². The summed E-state index contributed by atoms with van der Waals surface area (Å²) in [7, 11) is 0. The van der Waals surface area contributed by atoms with E-state index in [2.05, 4.69) is 245 Å². The van der Waals surface area contributed by atoms with Gasteiger partial charge in [-0.25, -0.2) is 14.8 Å². The normalized spacial score (nSPS) is 11.6. The van der Waals surface area contributed by atoms with E-state index in [0.717, 1.165) is 133 Å². The van der Waals surface area contributed by atoms with Crippen molar-refractivity contribution in [3.8, 4) is 89.8 Å². The van der Waals surface area contributed by atoms with Crippen LogP contribution < -0.4 is 0 Å². The van der Waals surface area contributed by atoms with E-state index in [0.29, 0.717) is 28.4 Å². The lowest BCUT2D eigenvalue weighted by atomic mass is 10.0. The summed E-state index contributed by atoms with van der Waals surface area (Å²) in [5.74, 6) is 0.612. The maximum atomic E-state index is 9.37. The number of aromatic nitrogens is 4. The third-order valence-corrected chi connectivity index (χ3v) is 16.3. The SMILES string of the molecule is [C-]#[N+]c1cc2c(oc3c(-c4cc(-c5ccccc5)nc(-c5ccccc5)n4)cccc32)c(-n2c3ccc(-c4ccccc4)cc3c3cc(-c4ccccc4)ccc32)c1-n1c2ccc(-c3ccccc3)cc2c2cc(-c3ccccc3)ccc21. The molecule has 0 spiro atoms. The van der Waals surface area contributed by atoms with Gasteiger partial charge >= 0.3 is 0 Å². The molecular formula is C77H47N5O. The van der Waals surface area contributed by atoms with Gasteiger partial charge in [0.1, 0.15) is 11.3 Å². The predicted octanol–water partition coefficient (Wildman–Crippen LogP) is 20.8. The van der Waals surface area contributed by atoms with E-state index in [9.17, 15) is 6.57 Å². The summed E-state index contributed by atoms with van der Waals surface area (Å²) in [6, 6.07) is 100. The Bertz CT molecular complexity index is 4980. The van der Waals surface area contributed by atoms with E-state index < -0.39 is 0 Å². The minimum absolute atomic E-state index is 0.482. The smallest absolute Gasteiger partial charge is 0.213 e. The molecule has 4 heterocycles. The monoisotopic (exact) mass is 1060 g/mol. The fraction of sp³-hybridized carbons (Fsp3) is 0. The fourth-order valence-electron chi connectivity index (χ4n) is 12.4. The molecule has 0 aliphatic rings. The van der Waals surface area contributed by atoms with Gasteiger partial charge < -0.3 is 13.6 Å². The van der Waals surface area contributed by atoms with Crippen LogP contribution in [0.25, 0.3) is 160 Å². The first-order chi connectivity index (χ1) is 41.1. The Balaban J connectivity index is 1.05. The first kappa shape index (κ1) is 47.6. The highest BCUT2D eigenvalue weighted by molar-refractivity contribution is 6.19. The zero-order chi connectivity index (χ0) is 55.0. The lowest BCUT2D eigenvalue weighted by molar-refractivity contribution is 0.667. The van der Waals surface area contributed by atoms with Crippen molar-refractivity contribution in [2.24, 2.45) is 0 Å². The fourth-order valence-corrected chi connectivity index (χ4v) is 12.4. The molecule has 0 N–H and O–H groups in total. The van der Waals surface area contributed by atoms with Crippen LogP contribution in [-0.4, -0.2) is 19.1 Å². The van der Waals surface area contributed by atoms with Gasteiger partial charge in [0.25, 0.3) is 0 Å². The third kappa shape index (κ3) is 7.94. The summed E-state index contributed by atoms with van der Waals surface area (Å²) in [5.41, 5.74) is 20.3. The number of hydrogen-bond acceptors (Lipinski definition) is 3. The molecule has 16 aromatic rings. The van der Waals surface area contributed by atoms with Gasteiger partial charge in [0, 0.05) is 49.0 Å². The molecule has 16 rings (SSSR count). The van der Waals surface area contributed by atoms with E-state index in [1.165, 1.54) is 0 Å². The summed E-state index contributed by atoms with van der Waals surface area (Å²) in [6.07, 6.45) is 0. The number of nitrogens with zero attached hydrogens (tertiary/aromatic N) is 5. The first-order valence-electron chi connectivity index (χ1n) is 27.9. The van der Waals surface area contributed by atoms with Crippen LogP contribution in [0.15, 0.2) is 290 Å². The van der Waals surface area contributed by atoms with Gasteiger partial charge in [-0.2, -0.15) is 0 Å². The third-order valence-electron chi connectivity index (χ3n) is 16.3. The van der Waals surface area contributed by atoms with Crippen molar-refractivity contribution in [3.05, 3.63) is 297 Å². The molecule has 0 aliphatic heterocycles. The molecule has 83 heavy (non-hydrogen) atoms. The van der Waals surface area contributed by atoms with Crippen molar-refractivity contribution in [3.63, 3.8) is 0 Å². The van der Waals surface area contributed by atoms with Gasteiger partial charge in [0.2, 0.25) is 5.69 Å². The van der Waals surface area contributed by atoms with Crippen molar-refractivity contribution in [1.29, 1.82) is 0 Å². The van der Waals surface area contributed by atoms with Crippen LogP contribution in [0.5, 0.6) is 0 Å². The molecule has 0 radical (unpaired) electrons.